The maximum atomic E-state index is 12.0. The third kappa shape index (κ3) is 7.10. The Balaban J connectivity index is 0.00000324. The lowest BCUT2D eigenvalue weighted by atomic mass is 10.2. The highest BCUT2D eigenvalue weighted by molar-refractivity contribution is 5.85. The van der Waals surface area contributed by atoms with Crippen LogP contribution >= 0.6 is 12.4 Å². The Morgan fingerprint density at radius 3 is 2.84 bits per heavy atom. The predicted octanol–water partition coefficient (Wildman–Crippen LogP) is 1.22. The molecule has 1 unspecified atom stereocenters. The van der Waals surface area contributed by atoms with Crippen LogP contribution in [0.25, 0.3) is 0 Å². The number of methoxy groups -OCH3 is 1. The minimum Gasteiger partial charge on any atom is -0.383 e. The second-order valence-corrected chi connectivity index (χ2v) is 4.35. The maximum absolute atomic E-state index is 12.0. The van der Waals surface area contributed by atoms with Crippen LogP contribution in [0.15, 0.2) is 24.5 Å². The van der Waals surface area contributed by atoms with Gasteiger partial charge in [-0.05, 0) is 18.6 Å². The monoisotopic (exact) mass is 287 g/mol. The van der Waals surface area contributed by atoms with Crippen LogP contribution in [0.4, 0.5) is 0 Å². The van der Waals surface area contributed by atoms with Crippen molar-refractivity contribution in [2.24, 2.45) is 5.73 Å². The fourth-order valence-corrected chi connectivity index (χ4v) is 1.61. The number of nitrogens with two attached hydrogens (primary N) is 1. The predicted molar refractivity (Wildman–Crippen MR) is 77.0 cm³/mol. The molecule has 1 amide bonds. The zero-order valence-corrected chi connectivity index (χ0v) is 12.2. The van der Waals surface area contributed by atoms with Crippen LogP contribution in [-0.2, 0) is 16.1 Å². The average molecular weight is 288 g/mol. The third-order valence-corrected chi connectivity index (χ3v) is 2.51. The van der Waals surface area contributed by atoms with Crippen molar-refractivity contribution >= 4 is 18.3 Å². The number of ether oxygens (including phenoxy) is 1. The highest BCUT2D eigenvalue weighted by Crippen LogP contribution is 2.05. The van der Waals surface area contributed by atoms with E-state index in [0.29, 0.717) is 26.1 Å². The molecule has 0 aliphatic rings. The molecule has 0 aliphatic carbocycles. The molecular weight excluding hydrogens is 266 g/mol. The average Bonchev–Trinajstić information content (AvgIpc) is 2.34. The molecule has 1 heterocycles. The van der Waals surface area contributed by atoms with Gasteiger partial charge in [0.05, 0.1) is 6.61 Å². The summed E-state index contributed by atoms with van der Waals surface area (Å²) in [6.07, 6.45) is 3.83. The summed E-state index contributed by atoms with van der Waals surface area (Å²) in [6, 6.07) is 3.68. The van der Waals surface area contributed by atoms with Gasteiger partial charge in [0.2, 0.25) is 5.91 Å². The molecule has 0 bridgehead atoms. The first-order valence-corrected chi connectivity index (χ1v) is 6.04. The van der Waals surface area contributed by atoms with E-state index in [0.717, 1.165) is 5.56 Å². The molecule has 0 aliphatic heterocycles. The minimum absolute atomic E-state index is 0. The number of hydrogen-bond acceptors (Lipinski definition) is 4. The molecule has 1 rings (SSSR count). The highest BCUT2D eigenvalue weighted by atomic mass is 35.5. The molecule has 1 aromatic rings. The minimum atomic E-state index is -0.128. The summed E-state index contributed by atoms with van der Waals surface area (Å²) in [7, 11) is 1.62. The number of amides is 1. The molecule has 0 saturated carbocycles. The highest BCUT2D eigenvalue weighted by Gasteiger charge is 2.15. The Labute approximate surface area is 120 Å². The number of nitrogens with zero attached hydrogens (tertiary/aromatic N) is 2. The van der Waals surface area contributed by atoms with Gasteiger partial charge in [0.1, 0.15) is 0 Å². The van der Waals surface area contributed by atoms with E-state index in [1.54, 1.807) is 24.4 Å². The first-order valence-electron chi connectivity index (χ1n) is 6.04. The lowest BCUT2D eigenvalue weighted by Crippen LogP contribution is -2.36. The van der Waals surface area contributed by atoms with E-state index in [4.69, 9.17) is 10.5 Å². The van der Waals surface area contributed by atoms with Crippen molar-refractivity contribution in [2.75, 3.05) is 20.3 Å². The van der Waals surface area contributed by atoms with E-state index in [9.17, 15) is 4.79 Å². The number of carbonyl (C=O) groups is 1. The Morgan fingerprint density at radius 1 is 1.58 bits per heavy atom. The van der Waals surface area contributed by atoms with E-state index in [1.807, 2.05) is 19.1 Å². The molecule has 19 heavy (non-hydrogen) atoms. The first kappa shape index (κ1) is 17.8. The summed E-state index contributed by atoms with van der Waals surface area (Å²) in [4.78, 5) is 17.8. The van der Waals surface area contributed by atoms with Crippen LogP contribution in [-0.4, -0.2) is 42.1 Å². The van der Waals surface area contributed by atoms with E-state index in [2.05, 4.69) is 4.98 Å². The van der Waals surface area contributed by atoms with E-state index in [-0.39, 0.29) is 24.4 Å². The van der Waals surface area contributed by atoms with Gasteiger partial charge in [0, 0.05) is 45.1 Å². The van der Waals surface area contributed by atoms with Crippen molar-refractivity contribution in [2.45, 2.75) is 25.9 Å². The molecule has 6 heteroatoms. The fourth-order valence-electron chi connectivity index (χ4n) is 1.61. The zero-order chi connectivity index (χ0) is 13.4. The van der Waals surface area contributed by atoms with Gasteiger partial charge in [-0.15, -0.1) is 12.4 Å². The topological polar surface area (TPSA) is 68.5 Å². The summed E-state index contributed by atoms with van der Waals surface area (Å²) in [5.41, 5.74) is 6.67. The van der Waals surface area contributed by atoms with Crippen molar-refractivity contribution in [3.05, 3.63) is 30.1 Å². The van der Waals surface area contributed by atoms with Crippen molar-refractivity contribution in [1.82, 2.24) is 9.88 Å². The summed E-state index contributed by atoms with van der Waals surface area (Å²) in [5.74, 6) is 0.0471. The molecule has 0 radical (unpaired) electrons. The number of carbonyl (C=O) groups excluding carboxylic acids is 1. The quantitative estimate of drug-likeness (QED) is 0.819. The Kier molecular flexibility index (Phi) is 9.12. The lowest BCUT2D eigenvalue weighted by molar-refractivity contribution is -0.132. The van der Waals surface area contributed by atoms with Gasteiger partial charge in [-0.2, -0.15) is 0 Å². The molecule has 1 atom stereocenters. The number of halogens is 1. The van der Waals surface area contributed by atoms with E-state index in [1.165, 1.54) is 0 Å². The third-order valence-electron chi connectivity index (χ3n) is 2.51. The molecule has 1 aromatic heterocycles. The maximum Gasteiger partial charge on any atom is 0.224 e. The molecule has 0 saturated heterocycles. The zero-order valence-electron chi connectivity index (χ0n) is 11.4. The smallest absolute Gasteiger partial charge is 0.224 e. The second kappa shape index (κ2) is 9.72. The van der Waals surface area contributed by atoms with Gasteiger partial charge in [0.15, 0.2) is 0 Å². The summed E-state index contributed by atoms with van der Waals surface area (Å²) in [5, 5.41) is 0. The van der Waals surface area contributed by atoms with E-state index >= 15 is 0 Å². The summed E-state index contributed by atoms with van der Waals surface area (Å²) >= 11 is 0. The van der Waals surface area contributed by atoms with Crippen molar-refractivity contribution in [3.8, 4) is 0 Å². The molecular formula is C13H22ClN3O2. The molecule has 0 aromatic carbocycles. The Bertz CT molecular complexity index is 360. The Morgan fingerprint density at radius 2 is 2.32 bits per heavy atom. The van der Waals surface area contributed by atoms with Crippen LogP contribution in [0.2, 0.25) is 0 Å². The molecule has 2 N–H and O–H groups in total. The summed E-state index contributed by atoms with van der Waals surface area (Å²) < 4.78 is 5.02. The fraction of sp³-hybridized carbons (Fsp3) is 0.538. The lowest BCUT2D eigenvalue weighted by Gasteiger charge is -2.23. The van der Waals surface area contributed by atoms with Crippen molar-refractivity contribution < 1.29 is 9.53 Å². The van der Waals surface area contributed by atoms with E-state index < -0.39 is 0 Å². The van der Waals surface area contributed by atoms with Gasteiger partial charge in [0.25, 0.3) is 0 Å². The number of pyridine rings is 1. The van der Waals surface area contributed by atoms with Gasteiger partial charge < -0.3 is 15.4 Å². The van der Waals surface area contributed by atoms with Gasteiger partial charge in [-0.3, -0.25) is 9.78 Å². The van der Waals surface area contributed by atoms with Gasteiger partial charge >= 0.3 is 0 Å². The molecule has 0 spiro atoms. The number of aromatic nitrogens is 1. The Hall–Kier alpha value is -1.17. The molecule has 0 fully saturated rings. The van der Waals surface area contributed by atoms with Crippen LogP contribution in [0, 0.1) is 0 Å². The molecule has 108 valence electrons. The normalized spacial score (nSPS) is 11.5. The van der Waals surface area contributed by atoms with Crippen LogP contribution in [0.1, 0.15) is 18.9 Å². The molecule has 5 nitrogen and oxygen atoms in total. The van der Waals surface area contributed by atoms with Crippen LogP contribution < -0.4 is 5.73 Å². The standard InChI is InChI=1S/C13H21N3O2.ClH/c1-11(14)8-13(17)16(6-7-18-2)10-12-4-3-5-15-9-12;/h3-5,9,11H,6-8,10,14H2,1-2H3;1H. The largest absolute Gasteiger partial charge is 0.383 e. The van der Waals surface area contributed by atoms with Crippen LogP contribution in [0.3, 0.4) is 0 Å². The van der Waals surface area contributed by atoms with Crippen molar-refractivity contribution in [1.29, 1.82) is 0 Å². The van der Waals surface area contributed by atoms with Crippen LogP contribution in [0.5, 0.6) is 0 Å². The number of rotatable bonds is 7. The number of hydrogen-bond donors (Lipinski definition) is 1. The SMILES string of the molecule is COCCN(Cc1cccnc1)C(=O)CC(C)N.Cl. The van der Waals surface area contributed by atoms with Gasteiger partial charge in [-0.1, -0.05) is 6.07 Å². The summed E-state index contributed by atoms with van der Waals surface area (Å²) in [6.45, 7) is 3.46. The second-order valence-electron chi connectivity index (χ2n) is 4.35. The van der Waals surface area contributed by atoms with Gasteiger partial charge in [-0.25, -0.2) is 0 Å². The van der Waals surface area contributed by atoms with Crippen molar-refractivity contribution in [3.63, 3.8) is 0 Å². The first-order chi connectivity index (χ1) is 8.63.